The molecule has 0 bridgehead atoms. The van der Waals surface area contributed by atoms with E-state index in [-0.39, 0.29) is 23.2 Å². The Labute approximate surface area is 189 Å². The van der Waals surface area contributed by atoms with Crippen molar-refractivity contribution in [1.29, 1.82) is 0 Å². The third-order valence-electron chi connectivity index (χ3n) is 4.91. The van der Waals surface area contributed by atoms with Gasteiger partial charge in [-0.15, -0.1) is 0 Å². The van der Waals surface area contributed by atoms with Crippen LogP contribution in [-0.2, 0) is 26.2 Å². The molecule has 0 heterocycles. The van der Waals surface area contributed by atoms with E-state index in [0.29, 0.717) is 6.42 Å². The quantitative estimate of drug-likeness (QED) is 0.616. The van der Waals surface area contributed by atoms with Gasteiger partial charge in [0.05, 0.1) is 17.0 Å². The number of rotatable bonds is 9. The van der Waals surface area contributed by atoms with E-state index in [2.05, 4.69) is 5.32 Å². The molecule has 0 spiro atoms. The second-order valence-corrected chi connectivity index (χ2v) is 9.58. The zero-order chi connectivity index (χ0) is 23.2. The molecular formula is C22H28ClN3O4S. The van der Waals surface area contributed by atoms with E-state index in [4.69, 9.17) is 11.6 Å². The number of hydrogen-bond acceptors (Lipinski definition) is 4. The Balaban J connectivity index is 2.43. The lowest BCUT2D eigenvalue weighted by Gasteiger charge is -2.32. The molecule has 2 rings (SSSR count). The summed E-state index contributed by atoms with van der Waals surface area (Å²) < 4.78 is 25.9. The number of benzene rings is 2. The minimum absolute atomic E-state index is 0.172. The lowest BCUT2D eigenvalue weighted by molar-refractivity contribution is -0.140. The lowest BCUT2D eigenvalue weighted by atomic mass is 10.1. The van der Waals surface area contributed by atoms with Crippen molar-refractivity contribution in [2.24, 2.45) is 0 Å². The highest BCUT2D eigenvalue weighted by Crippen LogP contribution is 2.27. The van der Waals surface area contributed by atoms with Crippen LogP contribution in [-0.4, -0.2) is 51.0 Å². The highest BCUT2D eigenvalue weighted by Gasteiger charge is 2.31. The standard InChI is InChI=1S/C22H28ClN3O4S/c1-5-19(22(28)24-3)25(14-17-12-10-16(2)11-13-17)21(27)15-26(31(4,29)30)20-9-7-6-8-18(20)23/h6-13,19H,5,14-15H2,1-4H3,(H,24,28)/t19-/m1/s1. The summed E-state index contributed by atoms with van der Waals surface area (Å²) in [7, 11) is -2.30. The number of hydrogen-bond donors (Lipinski definition) is 1. The molecule has 0 aromatic heterocycles. The van der Waals surface area contributed by atoms with Crippen molar-refractivity contribution in [3.05, 3.63) is 64.7 Å². The number of anilines is 1. The van der Waals surface area contributed by atoms with Gasteiger partial charge in [-0.05, 0) is 31.0 Å². The van der Waals surface area contributed by atoms with Gasteiger partial charge in [-0.25, -0.2) is 8.42 Å². The Morgan fingerprint density at radius 1 is 1.10 bits per heavy atom. The summed E-state index contributed by atoms with van der Waals surface area (Å²) in [4.78, 5) is 27.3. The van der Waals surface area contributed by atoms with Gasteiger partial charge in [0.2, 0.25) is 21.8 Å². The van der Waals surface area contributed by atoms with Crippen molar-refractivity contribution in [1.82, 2.24) is 10.2 Å². The number of halogens is 1. The number of nitrogens with one attached hydrogen (secondary N) is 1. The maximum absolute atomic E-state index is 13.4. The number of likely N-dealkylation sites (N-methyl/N-ethyl adjacent to an activating group) is 1. The second-order valence-electron chi connectivity index (χ2n) is 7.27. The highest BCUT2D eigenvalue weighted by atomic mass is 35.5. The molecule has 2 amide bonds. The average molecular weight is 466 g/mol. The van der Waals surface area contributed by atoms with E-state index in [0.717, 1.165) is 21.7 Å². The fourth-order valence-corrected chi connectivity index (χ4v) is 4.37. The summed E-state index contributed by atoms with van der Waals surface area (Å²) >= 11 is 6.20. The first-order valence-electron chi connectivity index (χ1n) is 9.87. The topological polar surface area (TPSA) is 86.8 Å². The van der Waals surface area contributed by atoms with E-state index in [1.165, 1.54) is 18.0 Å². The summed E-state index contributed by atoms with van der Waals surface area (Å²) in [6, 6.07) is 13.3. The van der Waals surface area contributed by atoms with Crippen LogP contribution in [0.5, 0.6) is 0 Å². The maximum Gasteiger partial charge on any atom is 0.244 e. The van der Waals surface area contributed by atoms with Gasteiger partial charge < -0.3 is 10.2 Å². The van der Waals surface area contributed by atoms with Crippen LogP contribution in [0.2, 0.25) is 5.02 Å². The Kier molecular flexibility index (Phi) is 8.47. The normalized spacial score (nSPS) is 12.2. The van der Waals surface area contributed by atoms with E-state index in [9.17, 15) is 18.0 Å². The van der Waals surface area contributed by atoms with Crippen LogP contribution >= 0.6 is 11.6 Å². The fraction of sp³-hybridized carbons (Fsp3) is 0.364. The van der Waals surface area contributed by atoms with Crippen LogP contribution in [0.15, 0.2) is 48.5 Å². The van der Waals surface area contributed by atoms with Crippen molar-refractivity contribution in [2.45, 2.75) is 32.9 Å². The SMILES string of the molecule is CC[C@H](C(=O)NC)N(Cc1ccc(C)cc1)C(=O)CN(c1ccccc1Cl)S(C)(=O)=O. The molecule has 0 unspecified atom stereocenters. The number of amides is 2. The molecule has 1 N–H and O–H groups in total. The predicted octanol–water partition coefficient (Wildman–Crippen LogP) is 2.97. The molecule has 168 valence electrons. The Morgan fingerprint density at radius 2 is 1.71 bits per heavy atom. The van der Waals surface area contributed by atoms with Crippen LogP contribution in [0.4, 0.5) is 5.69 Å². The fourth-order valence-electron chi connectivity index (χ4n) is 3.23. The second kappa shape index (κ2) is 10.6. The van der Waals surface area contributed by atoms with E-state index in [1.54, 1.807) is 25.1 Å². The minimum Gasteiger partial charge on any atom is -0.357 e. The molecule has 9 heteroatoms. The molecule has 0 fully saturated rings. The summed E-state index contributed by atoms with van der Waals surface area (Å²) in [5.74, 6) is -0.812. The van der Waals surface area contributed by atoms with Gasteiger partial charge in [0.25, 0.3) is 0 Å². The molecular weight excluding hydrogens is 438 g/mol. The van der Waals surface area contributed by atoms with Gasteiger partial charge >= 0.3 is 0 Å². The van der Waals surface area contributed by atoms with Crippen molar-refractivity contribution < 1.29 is 18.0 Å². The monoisotopic (exact) mass is 465 g/mol. The van der Waals surface area contributed by atoms with Gasteiger partial charge in [0.15, 0.2) is 0 Å². The summed E-state index contributed by atoms with van der Waals surface area (Å²) in [5.41, 5.74) is 2.12. The molecule has 0 aliphatic rings. The molecule has 0 aliphatic heterocycles. The van der Waals surface area contributed by atoms with Crippen LogP contribution in [0.1, 0.15) is 24.5 Å². The van der Waals surface area contributed by atoms with Crippen LogP contribution in [0.25, 0.3) is 0 Å². The van der Waals surface area contributed by atoms with Gasteiger partial charge in [0.1, 0.15) is 12.6 Å². The molecule has 0 radical (unpaired) electrons. The number of para-hydroxylation sites is 1. The van der Waals surface area contributed by atoms with Gasteiger partial charge in [0, 0.05) is 13.6 Å². The average Bonchev–Trinajstić information content (AvgIpc) is 2.72. The van der Waals surface area contributed by atoms with Crippen LogP contribution < -0.4 is 9.62 Å². The molecule has 1 atom stereocenters. The minimum atomic E-state index is -3.80. The first kappa shape index (κ1) is 24.7. The molecule has 7 nitrogen and oxygen atoms in total. The Bertz CT molecular complexity index is 1030. The van der Waals surface area contributed by atoms with E-state index in [1.807, 2.05) is 31.2 Å². The zero-order valence-electron chi connectivity index (χ0n) is 18.1. The van der Waals surface area contributed by atoms with Crippen LogP contribution in [0, 0.1) is 6.92 Å². The van der Waals surface area contributed by atoms with Crippen molar-refractivity contribution >= 4 is 39.1 Å². The van der Waals surface area contributed by atoms with Gasteiger partial charge in [-0.2, -0.15) is 0 Å². The third kappa shape index (κ3) is 6.45. The predicted molar refractivity (Wildman–Crippen MR) is 124 cm³/mol. The molecule has 31 heavy (non-hydrogen) atoms. The molecule has 2 aromatic carbocycles. The molecule has 0 saturated carbocycles. The molecule has 0 aliphatic carbocycles. The summed E-state index contributed by atoms with van der Waals surface area (Å²) in [6.07, 6.45) is 1.40. The lowest BCUT2D eigenvalue weighted by Crippen LogP contribution is -2.51. The number of carbonyl (C=O) groups is 2. The van der Waals surface area contributed by atoms with Crippen LogP contribution in [0.3, 0.4) is 0 Å². The number of aryl methyl sites for hydroxylation is 1. The molecule has 0 saturated heterocycles. The van der Waals surface area contributed by atoms with Crippen molar-refractivity contribution in [3.8, 4) is 0 Å². The van der Waals surface area contributed by atoms with E-state index < -0.39 is 28.5 Å². The highest BCUT2D eigenvalue weighted by molar-refractivity contribution is 7.92. The first-order chi connectivity index (χ1) is 14.6. The first-order valence-corrected chi connectivity index (χ1v) is 12.1. The smallest absolute Gasteiger partial charge is 0.244 e. The van der Waals surface area contributed by atoms with Gasteiger partial charge in [-0.1, -0.05) is 60.5 Å². The summed E-state index contributed by atoms with van der Waals surface area (Å²) in [5, 5.41) is 2.80. The Hall–Kier alpha value is -2.58. The van der Waals surface area contributed by atoms with Crippen molar-refractivity contribution in [3.63, 3.8) is 0 Å². The number of sulfonamides is 1. The number of carbonyl (C=O) groups excluding carboxylic acids is 2. The van der Waals surface area contributed by atoms with Gasteiger partial charge in [-0.3, -0.25) is 13.9 Å². The maximum atomic E-state index is 13.4. The van der Waals surface area contributed by atoms with Crippen molar-refractivity contribution in [2.75, 3.05) is 24.2 Å². The largest absolute Gasteiger partial charge is 0.357 e. The summed E-state index contributed by atoms with van der Waals surface area (Å²) in [6.45, 7) is 3.46. The van der Waals surface area contributed by atoms with E-state index >= 15 is 0 Å². The third-order valence-corrected chi connectivity index (χ3v) is 6.35. The molecule has 2 aromatic rings. The Morgan fingerprint density at radius 3 is 2.23 bits per heavy atom. The number of nitrogens with zero attached hydrogens (tertiary/aromatic N) is 2. The zero-order valence-corrected chi connectivity index (χ0v) is 19.7.